The smallest absolute Gasteiger partial charge is 0.547 e. The van der Waals surface area contributed by atoms with E-state index in [-0.39, 0.29) is 44.8 Å². The summed E-state index contributed by atoms with van der Waals surface area (Å²) in [6.07, 6.45) is -7.53. The van der Waals surface area contributed by atoms with E-state index in [4.69, 9.17) is 20.4 Å². The van der Waals surface area contributed by atoms with E-state index in [1.54, 1.807) is 0 Å². The van der Waals surface area contributed by atoms with Crippen LogP contribution in [-0.4, -0.2) is 55.2 Å². The van der Waals surface area contributed by atoms with Crippen LogP contribution in [0.4, 0.5) is 0 Å². The minimum absolute atomic E-state index is 0. The number of rotatable bonds is 5. The third-order valence-electron chi connectivity index (χ3n) is 1.57. The average molecular weight is 681 g/mol. The van der Waals surface area contributed by atoms with Crippen LogP contribution in [0.5, 0.6) is 0 Å². The standard InChI is InChI=1S/C6H9BrO8.2Au/c7-6(15,5(13)14)3(10)1(8)2(9)4(11)12;;/h1-3,8-10,15H,(H,11,12)(H,13,14);;/q;2*+1/p-2/t1-,2-,3+,6-;;/m0../s1. The molecule has 17 heavy (non-hydrogen) atoms. The molecule has 0 spiro atoms. The molecule has 0 aliphatic rings. The maximum atomic E-state index is 10.2. The molecule has 0 aliphatic heterocycles. The van der Waals surface area contributed by atoms with Gasteiger partial charge in [-0.3, -0.25) is 0 Å². The van der Waals surface area contributed by atoms with Crippen LogP contribution < -0.4 is 10.2 Å². The van der Waals surface area contributed by atoms with Crippen LogP contribution in [0.25, 0.3) is 0 Å². The molecule has 0 aromatic heterocycles. The molecule has 108 valence electrons. The molecular formula is C6H7Au2BrO8. The largest absolute Gasteiger partial charge is 1.00 e. The monoisotopic (exact) mass is 680 g/mol. The predicted octanol–water partition coefficient (Wildman–Crippen LogP) is -5.35. The molecule has 0 saturated heterocycles. The minimum atomic E-state index is -3.08. The van der Waals surface area contributed by atoms with Crippen molar-refractivity contribution >= 4 is 27.9 Å². The van der Waals surface area contributed by atoms with Crippen molar-refractivity contribution in [1.82, 2.24) is 0 Å². The normalized spacial score (nSPS) is 18.6. The van der Waals surface area contributed by atoms with Gasteiger partial charge in [-0.2, -0.15) is 0 Å². The van der Waals surface area contributed by atoms with Gasteiger partial charge >= 0.3 is 44.8 Å². The number of carbonyl (C=O) groups is 2. The fourth-order valence-electron chi connectivity index (χ4n) is 0.659. The Labute approximate surface area is 135 Å². The summed E-state index contributed by atoms with van der Waals surface area (Å²) in [4.78, 5) is 20.3. The first-order chi connectivity index (χ1) is 6.62. The van der Waals surface area contributed by atoms with Gasteiger partial charge in [0.2, 0.25) is 0 Å². The van der Waals surface area contributed by atoms with Gasteiger partial charge in [-0.1, -0.05) is 0 Å². The molecule has 0 unspecified atom stereocenters. The maximum Gasteiger partial charge on any atom is 1.00 e. The van der Waals surface area contributed by atoms with Gasteiger partial charge in [0.15, 0.2) is 4.51 Å². The summed E-state index contributed by atoms with van der Waals surface area (Å²) in [5.41, 5.74) is 0. The number of hydrogen-bond donors (Lipinski definition) is 4. The van der Waals surface area contributed by atoms with Crippen LogP contribution in [0.3, 0.4) is 0 Å². The van der Waals surface area contributed by atoms with E-state index >= 15 is 0 Å². The summed E-state index contributed by atoms with van der Waals surface area (Å²) in [6.45, 7) is 0. The van der Waals surface area contributed by atoms with Crippen molar-refractivity contribution in [3.8, 4) is 0 Å². The number of aliphatic hydroxyl groups excluding tert-OH is 3. The van der Waals surface area contributed by atoms with Gasteiger partial charge in [0.1, 0.15) is 18.3 Å². The number of aliphatic hydroxyl groups is 4. The molecular weight excluding hydrogens is 674 g/mol. The number of aliphatic carboxylic acids is 2. The third-order valence-corrected chi connectivity index (χ3v) is 2.36. The van der Waals surface area contributed by atoms with Crippen LogP contribution in [0.2, 0.25) is 0 Å². The summed E-state index contributed by atoms with van der Waals surface area (Å²) in [7, 11) is 0. The van der Waals surface area contributed by atoms with Crippen molar-refractivity contribution in [2.75, 3.05) is 0 Å². The van der Waals surface area contributed by atoms with E-state index in [1.807, 2.05) is 0 Å². The molecule has 0 aromatic carbocycles. The molecule has 0 saturated carbocycles. The number of alkyl halides is 1. The van der Waals surface area contributed by atoms with Gasteiger partial charge in [-0.05, 0) is 15.9 Å². The Balaban J connectivity index is -0.000000980. The van der Waals surface area contributed by atoms with Crippen LogP contribution in [-0.2, 0) is 54.3 Å². The Morgan fingerprint density at radius 2 is 1.47 bits per heavy atom. The Morgan fingerprint density at radius 3 is 1.71 bits per heavy atom. The molecule has 11 heteroatoms. The fourth-order valence-corrected chi connectivity index (χ4v) is 0.930. The van der Waals surface area contributed by atoms with Gasteiger partial charge in [0, 0.05) is 0 Å². The molecule has 0 bridgehead atoms. The quantitative estimate of drug-likeness (QED) is 0.166. The number of carboxylic acid groups (broad SMARTS) is 2. The summed E-state index contributed by atoms with van der Waals surface area (Å²) in [5.74, 6) is -4.34. The predicted molar refractivity (Wildman–Crippen MR) is 41.9 cm³/mol. The zero-order valence-corrected chi connectivity index (χ0v) is 13.6. The first-order valence-electron chi connectivity index (χ1n) is 3.50. The van der Waals surface area contributed by atoms with Crippen LogP contribution in [0.1, 0.15) is 0 Å². The van der Waals surface area contributed by atoms with Gasteiger partial charge < -0.3 is 40.2 Å². The molecule has 0 heterocycles. The summed E-state index contributed by atoms with van der Waals surface area (Å²) < 4.78 is -3.08. The molecule has 4 atom stereocenters. The molecule has 0 fully saturated rings. The average Bonchev–Trinajstić information content (AvgIpc) is 2.13. The van der Waals surface area contributed by atoms with Crippen molar-refractivity contribution in [2.45, 2.75) is 22.8 Å². The van der Waals surface area contributed by atoms with Gasteiger partial charge in [-0.25, -0.2) is 0 Å². The van der Waals surface area contributed by atoms with E-state index in [0.717, 1.165) is 0 Å². The molecule has 4 N–H and O–H groups in total. The summed E-state index contributed by atoms with van der Waals surface area (Å²) in [5, 5.41) is 55.9. The molecule has 0 amide bonds. The van der Waals surface area contributed by atoms with E-state index in [1.165, 1.54) is 0 Å². The van der Waals surface area contributed by atoms with Crippen molar-refractivity contribution in [3.05, 3.63) is 0 Å². The van der Waals surface area contributed by atoms with Gasteiger partial charge in [-0.15, -0.1) is 0 Å². The minimum Gasteiger partial charge on any atom is -0.547 e. The van der Waals surface area contributed by atoms with Crippen molar-refractivity contribution in [3.63, 3.8) is 0 Å². The molecule has 0 radical (unpaired) electrons. The zero-order chi connectivity index (χ0) is 12.4. The number of hydrogen-bond acceptors (Lipinski definition) is 8. The summed E-state index contributed by atoms with van der Waals surface area (Å²) >= 11 is 2.09. The number of halogens is 1. The van der Waals surface area contributed by atoms with Crippen LogP contribution in [0.15, 0.2) is 0 Å². The Bertz CT molecular complexity index is 273. The van der Waals surface area contributed by atoms with Crippen LogP contribution in [0, 0.1) is 0 Å². The first kappa shape index (κ1) is 22.9. The molecule has 0 rings (SSSR count). The SMILES string of the molecule is O=C([O-])[C@@H](O)[C@H](O)[C@@H](O)[C@@](O)(Br)C(=O)[O-].[Au+].[Au+]. The van der Waals surface area contributed by atoms with Crippen molar-refractivity contribution in [1.29, 1.82) is 0 Å². The van der Waals surface area contributed by atoms with E-state index < -0.39 is 34.8 Å². The second kappa shape index (κ2) is 8.78. The Morgan fingerprint density at radius 1 is 1.12 bits per heavy atom. The number of carboxylic acids is 2. The summed E-state index contributed by atoms with van der Waals surface area (Å²) in [6, 6.07) is 0. The van der Waals surface area contributed by atoms with E-state index in [0.29, 0.717) is 0 Å². The van der Waals surface area contributed by atoms with Crippen molar-refractivity contribution in [2.24, 2.45) is 0 Å². The zero-order valence-electron chi connectivity index (χ0n) is 7.63. The Hall–Kier alpha value is 0.741. The van der Waals surface area contributed by atoms with Crippen molar-refractivity contribution < 1.29 is 85.0 Å². The fraction of sp³-hybridized carbons (Fsp3) is 0.667. The van der Waals surface area contributed by atoms with E-state index in [2.05, 4.69) is 15.9 Å². The molecule has 8 nitrogen and oxygen atoms in total. The second-order valence-corrected chi connectivity index (χ2v) is 3.87. The molecule has 0 aromatic rings. The topological polar surface area (TPSA) is 161 Å². The molecule has 0 aliphatic carbocycles. The van der Waals surface area contributed by atoms with Gasteiger partial charge in [0.25, 0.3) is 0 Å². The van der Waals surface area contributed by atoms with Crippen LogP contribution >= 0.6 is 15.9 Å². The van der Waals surface area contributed by atoms with E-state index in [9.17, 15) is 19.8 Å². The number of carbonyl (C=O) groups excluding carboxylic acids is 2. The maximum absolute atomic E-state index is 10.2. The first-order valence-corrected chi connectivity index (χ1v) is 4.29. The third kappa shape index (κ3) is 5.94. The van der Waals surface area contributed by atoms with Gasteiger partial charge in [0.05, 0.1) is 11.9 Å². The second-order valence-electron chi connectivity index (χ2n) is 2.66. The Kier molecular flexibility index (Phi) is 11.8.